The molecule has 1 aromatic carbocycles. The van der Waals surface area contributed by atoms with Gasteiger partial charge in [0.2, 0.25) is 0 Å². The maximum absolute atomic E-state index is 2.33. The van der Waals surface area contributed by atoms with Crippen molar-refractivity contribution >= 4 is 0 Å². The number of hydrogen-bond donors (Lipinski definition) is 0. The van der Waals surface area contributed by atoms with Gasteiger partial charge >= 0.3 is 0 Å². The van der Waals surface area contributed by atoms with E-state index in [4.69, 9.17) is 0 Å². The third-order valence-corrected chi connectivity index (χ3v) is 4.90. The molecule has 134 valence electrons. The Labute approximate surface area is 155 Å². The third-order valence-electron chi connectivity index (χ3n) is 4.90. The van der Waals surface area contributed by atoms with E-state index in [0.717, 1.165) is 0 Å². The molecule has 0 N–H and O–H groups in total. The Kier molecular flexibility index (Phi) is 13.8. The molecule has 0 fully saturated rings. The Morgan fingerprint density at radius 3 is 1.52 bits per heavy atom. The zero-order valence-electron chi connectivity index (χ0n) is 15.7. The van der Waals surface area contributed by atoms with E-state index in [-0.39, 0.29) is 17.0 Å². The van der Waals surface area contributed by atoms with Crippen LogP contribution in [0.15, 0.2) is 30.3 Å². The molecule has 0 amide bonds. The molecule has 1 rings (SSSR count). The number of halogens is 1. The molecule has 0 heterocycles. The number of benzene rings is 1. The van der Waals surface area contributed by atoms with Gasteiger partial charge in [0.15, 0.2) is 0 Å². The highest BCUT2D eigenvalue weighted by Gasteiger charge is 2.25. The lowest BCUT2D eigenvalue weighted by atomic mass is 10.1. The summed E-state index contributed by atoms with van der Waals surface area (Å²) in [6, 6.07) is 11.0. The van der Waals surface area contributed by atoms with Crippen molar-refractivity contribution in [3.63, 3.8) is 0 Å². The van der Waals surface area contributed by atoms with Crippen molar-refractivity contribution in [1.29, 1.82) is 0 Å². The van der Waals surface area contributed by atoms with Crippen molar-refractivity contribution in [2.45, 2.75) is 72.1 Å². The van der Waals surface area contributed by atoms with Crippen LogP contribution in [-0.2, 0) is 6.42 Å². The molecule has 0 aliphatic carbocycles. The number of quaternary nitrogens is 1. The molecule has 0 atom stereocenters. The minimum atomic E-state index is 0. The van der Waals surface area contributed by atoms with Crippen molar-refractivity contribution in [2.24, 2.45) is 0 Å². The molecule has 0 aliphatic rings. The number of unbranched alkanes of at least 4 members (excludes halogenated alkanes) is 3. The molecule has 0 bridgehead atoms. The highest BCUT2D eigenvalue weighted by molar-refractivity contribution is 5.14. The summed E-state index contributed by atoms with van der Waals surface area (Å²) >= 11 is 0. The average Bonchev–Trinajstić information content (AvgIpc) is 2.57. The van der Waals surface area contributed by atoms with Crippen LogP contribution in [0.25, 0.3) is 0 Å². The first-order chi connectivity index (χ1) is 10.8. The van der Waals surface area contributed by atoms with Gasteiger partial charge in [0.05, 0.1) is 26.2 Å². The van der Waals surface area contributed by atoms with Gasteiger partial charge in [0, 0.05) is 6.42 Å². The summed E-state index contributed by atoms with van der Waals surface area (Å²) in [7, 11) is 0. The fourth-order valence-electron chi connectivity index (χ4n) is 3.41. The standard InChI is InChI=1S/C21H38N.BrH/c1-4-7-17-22(18-8-5-2,19-9-6-3)20-13-16-21-14-11-10-12-15-21;/h10-12,14-15H,4-9,13,16-20H2,1-3H3;1H/q+1;/p-1. The van der Waals surface area contributed by atoms with Gasteiger partial charge in [-0.2, -0.15) is 0 Å². The first-order valence-electron chi connectivity index (χ1n) is 9.65. The van der Waals surface area contributed by atoms with Crippen LogP contribution in [0.3, 0.4) is 0 Å². The predicted molar refractivity (Wildman–Crippen MR) is 99.2 cm³/mol. The highest BCUT2D eigenvalue weighted by Crippen LogP contribution is 2.17. The summed E-state index contributed by atoms with van der Waals surface area (Å²) in [5.41, 5.74) is 1.50. The summed E-state index contributed by atoms with van der Waals surface area (Å²) < 4.78 is 1.38. The van der Waals surface area contributed by atoms with Gasteiger partial charge < -0.3 is 21.5 Å². The molecule has 1 aromatic rings. The molecule has 0 spiro atoms. The fourth-order valence-corrected chi connectivity index (χ4v) is 3.41. The largest absolute Gasteiger partial charge is 1.00 e. The lowest BCUT2D eigenvalue weighted by molar-refractivity contribution is -0.929. The summed E-state index contributed by atoms with van der Waals surface area (Å²) in [6.07, 6.45) is 10.7. The minimum absolute atomic E-state index is 0. The van der Waals surface area contributed by atoms with Crippen LogP contribution in [0.2, 0.25) is 0 Å². The maximum Gasteiger partial charge on any atom is 0.0789 e. The van der Waals surface area contributed by atoms with E-state index in [1.54, 1.807) is 0 Å². The SMILES string of the molecule is CCCC[N+](CCCC)(CCCC)CCCc1ccccc1.[Br-]. The number of hydrogen-bond acceptors (Lipinski definition) is 0. The normalized spacial score (nSPS) is 11.3. The van der Waals surface area contributed by atoms with Crippen LogP contribution in [0, 0.1) is 0 Å². The second kappa shape index (κ2) is 14.0. The Morgan fingerprint density at radius 2 is 1.09 bits per heavy atom. The van der Waals surface area contributed by atoms with Crippen LogP contribution in [0.4, 0.5) is 0 Å². The smallest absolute Gasteiger partial charge is 0.0789 e. The molecule has 0 saturated heterocycles. The molecule has 0 saturated carbocycles. The predicted octanol–water partition coefficient (Wildman–Crippen LogP) is 2.84. The number of nitrogens with zero attached hydrogens (tertiary/aromatic N) is 1. The quantitative estimate of drug-likeness (QED) is 0.459. The van der Waals surface area contributed by atoms with Crippen LogP contribution < -0.4 is 17.0 Å². The molecule has 0 aliphatic heterocycles. The van der Waals surface area contributed by atoms with Crippen molar-refractivity contribution in [2.75, 3.05) is 26.2 Å². The maximum atomic E-state index is 2.33. The molecular weight excluding hydrogens is 346 g/mol. The van der Waals surface area contributed by atoms with Crippen LogP contribution >= 0.6 is 0 Å². The van der Waals surface area contributed by atoms with Crippen LogP contribution in [0.5, 0.6) is 0 Å². The molecule has 23 heavy (non-hydrogen) atoms. The van der Waals surface area contributed by atoms with Gasteiger partial charge in [-0.15, -0.1) is 0 Å². The Morgan fingerprint density at radius 1 is 0.652 bits per heavy atom. The van der Waals surface area contributed by atoms with E-state index in [1.807, 2.05) is 0 Å². The molecule has 2 heteroatoms. The van der Waals surface area contributed by atoms with E-state index in [2.05, 4.69) is 51.1 Å². The van der Waals surface area contributed by atoms with E-state index in [0.29, 0.717) is 0 Å². The van der Waals surface area contributed by atoms with E-state index in [1.165, 1.54) is 87.6 Å². The summed E-state index contributed by atoms with van der Waals surface area (Å²) in [5.74, 6) is 0. The molecule has 0 aromatic heterocycles. The fraction of sp³-hybridized carbons (Fsp3) is 0.714. The van der Waals surface area contributed by atoms with Crippen molar-refractivity contribution in [3.8, 4) is 0 Å². The van der Waals surface area contributed by atoms with Crippen molar-refractivity contribution in [3.05, 3.63) is 35.9 Å². The summed E-state index contributed by atoms with van der Waals surface area (Å²) in [4.78, 5) is 0. The monoisotopic (exact) mass is 383 g/mol. The second-order valence-electron chi connectivity index (χ2n) is 6.89. The van der Waals surface area contributed by atoms with E-state index in [9.17, 15) is 0 Å². The Balaban J connectivity index is 0.00000484. The Bertz CT molecular complexity index is 342. The van der Waals surface area contributed by atoms with E-state index < -0.39 is 0 Å². The average molecular weight is 384 g/mol. The molecular formula is C21H38BrN. The highest BCUT2D eigenvalue weighted by atomic mass is 79.9. The lowest BCUT2D eigenvalue weighted by Crippen LogP contribution is -3.00. The van der Waals surface area contributed by atoms with Gasteiger partial charge in [-0.3, -0.25) is 0 Å². The van der Waals surface area contributed by atoms with Gasteiger partial charge in [0.25, 0.3) is 0 Å². The van der Waals surface area contributed by atoms with Crippen LogP contribution in [0.1, 0.15) is 71.3 Å². The van der Waals surface area contributed by atoms with Gasteiger partial charge in [-0.05, 0) is 31.2 Å². The third kappa shape index (κ3) is 9.52. The van der Waals surface area contributed by atoms with Gasteiger partial charge in [-0.25, -0.2) is 0 Å². The lowest BCUT2D eigenvalue weighted by Gasteiger charge is -2.39. The van der Waals surface area contributed by atoms with Gasteiger partial charge in [0.1, 0.15) is 0 Å². The van der Waals surface area contributed by atoms with Crippen molar-refractivity contribution < 1.29 is 21.5 Å². The van der Waals surface area contributed by atoms with Crippen molar-refractivity contribution in [1.82, 2.24) is 0 Å². The zero-order chi connectivity index (χ0) is 16.1. The molecule has 0 unspecified atom stereocenters. The molecule has 1 nitrogen and oxygen atoms in total. The first-order valence-corrected chi connectivity index (χ1v) is 9.65. The first kappa shape index (κ1) is 22.7. The second-order valence-corrected chi connectivity index (χ2v) is 6.89. The summed E-state index contributed by atoms with van der Waals surface area (Å²) in [6.45, 7) is 12.5. The Hall–Kier alpha value is -0.340. The minimum Gasteiger partial charge on any atom is -1.00 e. The summed E-state index contributed by atoms with van der Waals surface area (Å²) in [5, 5.41) is 0. The molecule has 0 radical (unpaired) electrons. The number of aryl methyl sites for hydroxylation is 1. The van der Waals surface area contributed by atoms with E-state index >= 15 is 0 Å². The number of rotatable bonds is 13. The topological polar surface area (TPSA) is 0 Å². The zero-order valence-corrected chi connectivity index (χ0v) is 17.3. The van der Waals surface area contributed by atoms with Gasteiger partial charge in [-0.1, -0.05) is 70.4 Å². The van der Waals surface area contributed by atoms with Crippen LogP contribution in [-0.4, -0.2) is 30.7 Å².